The Morgan fingerprint density at radius 2 is 0.613 bits per heavy atom. The molecule has 0 aliphatic carbocycles. The van der Waals surface area contributed by atoms with E-state index in [-0.39, 0.29) is 31.1 Å². The van der Waals surface area contributed by atoms with E-state index in [0.29, 0.717) is 19.3 Å². The molecule has 0 rings (SSSR count). The van der Waals surface area contributed by atoms with Crippen LogP contribution in [0.5, 0.6) is 0 Å². The number of ether oxygens (including phenoxy) is 3. The fourth-order valence-corrected chi connectivity index (χ4v) is 8.49. The number of hydrogen-bond donors (Lipinski definition) is 0. The van der Waals surface area contributed by atoms with Crippen molar-refractivity contribution in [3.05, 3.63) is 0 Å². The summed E-state index contributed by atoms with van der Waals surface area (Å²) in [7, 11) is 0. The molecule has 0 aromatic rings. The van der Waals surface area contributed by atoms with Gasteiger partial charge in [0.25, 0.3) is 0 Å². The second-order valence-corrected chi connectivity index (χ2v) is 19.9. The molecule has 0 aliphatic heterocycles. The Morgan fingerprint density at radius 1 is 0.339 bits per heavy atom. The molecule has 62 heavy (non-hydrogen) atoms. The Morgan fingerprint density at radius 3 is 0.919 bits per heavy atom. The summed E-state index contributed by atoms with van der Waals surface area (Å²) >= 11 is 0. The molecule has 6 heteroatoms. The molecule has 6 nitrogen and oxygen atoms in total. The molecular formula is C56H108O6. The summed E-state index contributed by atoms with van der Waals surface area (Å²) in [4.78, 5) is 38.0. The number of carbonyl (C=O) groups excluding carboxylic acids is 3. The van der Waals surface area contributed by atoms with E-state index in [1.165, 1.54) is 199 Å². The van der Waals surface area contributed by atoms with Gasteiger partial charge in [0.15, 0.2) is 6.10 Å². The Hall–Kier alpha value is -1.59. The third kappa shape index (κ3) is 47.9. The van der Waals surface area contributed by atoms with Crippen molar-refractivity contribution in [2.45, 2.75) is 317 Å². The van der Waals surface area contributed by atoms with E-state index in [1.807, 2.05) is 0 Å². The van der Waals surface area contributed by atoms with Crippen LogP contribution in [0.2, 0.25) is 0 Å². The van der Waals surface area contributed by atoms with Crippen molar-refractivity contribution in [3.8, 4) is 0 Å². The average Bonchev–Trinajstić information content (AvgIpc) is 3.26. The van der Waals surface area contributed by atoms with Crippen LogP contribution >= 0.6 is 0 Å². The molecule has 0 aromatic carbocycles. The fraction of sp³-hybridized carbons (Fsp3) is 0.946. The first-order valence-electron chi connectivity index (χ1n) is 27.8. The van der Waals surface area contributed by atoms with Gasteiger partial charge >= 0.3 is 17.9 Å². The third-order valence-electron chi connectivity index (χ3n) is 13.1. The summed E-state index contributed by atoms with van der Waals surface area (Å²) in [5, 5.41) is 0. The van der Waals surface area contributed by atoms with E-state index in [0.717, 1.165) is 69.6 Å². The molecule has 0 radical (unpaired) electrons. The van der Waals surface area contributed by atoms with Crippen molar-refractivity contribution in [2.24, 2.45) is 11.8 Å². The Bertz CT molecular complexity index is 949. The van der Waals surface area contributed by atoms with Crippen LogP contribution < -0.4 is 0 Å². The summed E-state index contributed by atoms with van der Waals surface area (Å²) in [6.45, 7) is 11.4. The van der Waals surface area contributed by atoms with Gasteiger partial charge in [0, 0.05) is 19.3 Å². The lowest BCUT2D eigenvalue weighted by Gasteiger charge is -2.18. The van der Waals surface area contributed by atoms with Crippen molar-refractivity contribution >= 4 is 17.9 Å². The highest BCUT2D eigenvalue weighted by atomic mass is 16.6. The van der Waals surface area contributed by atoms with Crippen LogP contribution in [0.4, 0.5) is 0 Å². The van der Waals surface area contributed by atoms with Crippen molar-refractivity contribution in [2.75, 3.05) is 13.2 Å². The molecule has 0 heterocycles. The average molecular weight is 877 g/mol. The lowest BCUT2D eigenvalue weighted by molar-refractivity contribution is -0.167. The minimum atomic E-state index is -0.762. The number of hydrogen-bond acceptors (Lipinski definition) is 6. The second kappa shape index (κ2) is 48.9. The zero-order valence-corrected chi connectivity index (χ0v) is 42.5. The van der Waals surface area contributed by atoms with Crippen molar-refractivity contribution in [1.29, 1.82) is 0 Å². The molecule has 1 unspecified atom stereocenters. The van der Waals surface area contributed by atoms with Gasteiger partial charge in [-0.25, -0.2) is 0 Å². The molecule has 368 valence electrons. The molecule has 0 spiro atoms. The first-order valence-corrected chi connectivity index (χ1v) is 27.8. The Kier molecular flexibility index (Phi) is 47.6. The normalized spacial score (nSPS) is 12.5. The molecule has 0 saturated carbocycles. The molecule has 0 fully saturated rings. The monoisotopic (exact) mass is 877 g/mol. The van der Waals surface area contributed by atoms with Gasteiger partial charge in [0.05, 0.1) is 0 Å². The molecule has 0 N–H and O–H groups in total. The van der Waals surface area contributed by atoms with Gasteiger partial charge in [-0.1, -0.05) is 272 Å². The van der Waals surface area contributed by atoms with Gasteiger partial charge in [-0.2, -0.15) is 0 Å². The zero-order chi connectivity index (χ0) is 45.4. The maximum atomic E-state index is 12.8. The number of esters is 3. The van der Waals surface area contributed by atoms with Crippen LogP contribution in [0.15, 0.2) is 0 Å². The van der Waals surface area contributed by atoms with Gasteiger partial charge < -0.3 is 14.2 Å². The molecule has 0 aromatic heterocycles. The highest BCUT2D eigenvalue weighted by molar-refractivity contribution is 5.71. The SMILES string of the molecule is CCCCCCCCCCCCCCC(=O)OC[C@@H](COC(=O)CCCCCCCCCC(C)C)OC(=O)CCCCCCCCCCCCCCCCCCCCC(C)CC. The van der Waals surface area contributed by atoms with Gasteiger partial charge in [0.1, 0.15) is 13.2 Å². The maximum Gasteiger partial charge on any atom is 0.306 e. The number of unbranched alkanes of at least 4 members (excludes halogenated alkanes) is 34. The van der Waals surface area contributed by atoms with Gasteiger partial charge in [-0.15, -0.1) is 0 Å². The molecule has 0 amide bonds. The topological polar surface area (TPSA) is 78.9 Å². The van der Waals surface area contributed by atoms with Crippen LogP contribution in [0.3, 0.4) is 0 Å². The van der Waals surface area contributed by atoms with Crippen molar-refractivity contribution in [1.82, 2.24) is 0 Å². The van der Waals surface area contributed by atoms with Gasteiger partial charge in [-0.3, -0.25) is 14.4 Å². The third-order valence-corrected chi connectivity index (χ3v) is 13.1. The van der Waals surface area contributed by atoms with Crippen LogP contribution in [0.25, 0.3) is 0 Å². The van der Waals surface area contributed by atoms with Crippen LogP contribution in [0.1, 0.15) is 311 Å². The lowest BCUT2D eigenvalue weighted by Crippen LogP contribution is -2.30. The van der Waals surface area contributed by atoms with E-state index in [9.17, 15) is 14.4 Å². The van der Waals surface area contributed by atoms with E-state index >= 15 is 0 Å². The van der Waals surface area contributed by atoms with E-state index < -0.39 is 6.10 Å². The highest BCUT2D eigenvalue weighted by Gasteiger charge is 2.19. The predicted octanol–water partition coefficient (Wildman–Crippen LogP) is 18.1. The number of rotatable bonds is 50. The van der Waals surface area contributed by atoms with E-state index in [1.54, 1.807) is 0 Å². The minimum absolute atomic E-state index is 0.0637. The van der Waals surface area contributed by atoms with Gasteiger partial charge in [0.2, 0.25) is 0 Å². The van der Waals surface area contributed by atoms with Crippen molar-refractivity contribution in [3.63, 3.8) is 0 Å². The molecule has 2 atom stereocenters. The van der Waals surface area contributed by atoms with Crippen LogP contribution in [0, 0.1) is 11.8 Å². The molecule has 0 bridgehead atoms. The quantitative estimate of drug-likeness (QED) is 0.0344. The van der Waals surface area contributed by atoms with E-state index in [2.05, 4.69) is 34.6 Å². The maximum absolute atomic E-state index is 12.8. The number of carbonyl (C=O) groups is 3. The second-order valence-electron chi connectivity index (χ2n) is 19.9. The standard InChI is InChI=1S/C56H108O6/c1-6-8-9-10-11-12-13-23-26-31-36-41-46-54(57)60-49-53(50-61-55(58)47-42-37-33-28-29-34-39-44-51(3)4)62-56(59)48-43-38-32-27-24-21-19-17-15-14-16-18-20-22-25-30-35-40-45-52(5)7-2/h51-53H,6-50H2,1-5H3/t52?,53-/m0/s1. The molecule has 0 aliphatic rings. The summed E-state index contributed by atoms with van der Waals surface area (Å²) in [5.74, 6) is 0.843. The van der Waals surface area contributed by atoms with E-state index in [4.69, 9.17) is 14.2 Å². The van der Waals surface area contributed by atoms with Gasteiger partial charge in [-0.05, 0) is 31.1 Å². The van der Waals surface area contributed by atoms with Crippen LogP contribution in [-0.2, 0) is 28.6 Å². The summed E-state index contributed by atoms with van der Waals surface area (Å²) < 4.78 is 16.8. The largest absolute Gasteiger partial charge is 0.462 e. The highest BCUT2D eigenvalue weighted by Crippen LogP contribution is 2.18. The smallest absolute Gasteiger partial charge is 0.306 e. The predicted molar refractivity (Wildman–Crippen MR) is 266 cm³/mol. The summed E-state index contributed by atoms with van der Waals surface area (Å²) in [6, 6.07) is 0. The Balaban J connectivity index is 4.20. The first kappa shape index (κ1) is 60.4. The van der Waals surface area contributed by atoms with Crippen molar-refractivity contribution < 1.29 is 28.6 Å². The Labute approximate surface area is 387 Å². The fourth-order valence-electron chi connectivity index (χ4n) is 8.49. The molecular weight excluding hydrogens is 769 g/mol. The molecule has 0 saturated heterocycles. The zero-order valence-electron chi connectivity index (χ0n) is 42.5. The lowest BCUT2D eigenvalue weighted by atomic mass is 9.99. The summed E-state index contributed by atoms with van der Waals surface area (Å²) in [5.41, 5.74) is 0. The minimum Gasteiger partial charge on any atom is -0.462 e. The summed E-state index contributed by atoms with van der Waals surface area (Å²) in [6.07, 6.45) is 51.0. The first-order chi connectivity index (χ1) is 30.3. The van der Waals surface area contributed by atoms with Crippen LogP contribution in [-0.4, -0.2) is 37.2 Å².